The predicted molar refractivity (Wildman–Crippen MR) is 179 cm³/mol. The number of aliphatic hydroxyl groups is 2. The molecule has 16 nitrogen and oxygen atoms in total. The number of hydrogen-bond acceptors (Lipinski definition) is 14. The van der Waals surface area contributed by atoms with E-state index in [0.29, 0.717) is 5.75 Å². The first-order chi connectivity index (χ1) is 24.4. The minimum absolute atomic E-state index is 0.0246. The van der Waals surface area contributed by atoms with E-state index in [4.69, 9.17) is 23.7 Å². The largest absolute Gasteiger partial charge is 0.492 e. The van der Waals surface area contributed by atoms with Gasteiger partial charge < -0.3 is 44.1 Å². The van der Waals surface area contributed by atoms with Gasteiger partial charge >= 0.3 is 5.97 Å². The highest BCUT2D eigenvalue weighted by atomic mass is 32.2. The van der Waals surface area contributed by atoms with E-state index >= 15 is 0 Å². The number of fused-ring (bicyclic) bond motifs is 2. The number of benzene rings is 1. The number of nitrogens with zero attached hydrogens (tertiary/aromatic N) is 2. The molecule has 0 radical (unpaired) electrons. The number of ether oxygens (including phenoxy) is 5. The number of esters is 1. The number of Topliss-reactive ketones (excluding diaryl/α,β-unsaturated/α-hetero) is 1. The zero-order chi connectivity index (χ0) is 36.7. The lowest BCUT2D eigenvalue weighted by atomic mass is 9.94. The Kier molecular flexibility index (Phi) is 13.2. The summed E-state index contributed by atoms with van der Waals surface area (Å²) < 4.78 is 27.7. The lowest BCUT2D eigenvalue weighted by Gasteiger charge is -2.49. The lowest BCUT2D eigenvalue weighted by Crippen LogP contribution is -2.68. The third-order valence-electron chi connectivity index (χ3n) is 8.90. The van der Waals surface area contributed by atoms with Crippen LogP contribution in [0.5, 0.6) is 5.75 Å². The third-order valence-corrected chi connectivity index (χ3v) is 10.2. The Labute approximate surface area is 298 Å². The number of hydrogen-bond donors (Lipinski definition) is 3. The summed E-state index contributed by atoms with van der Waals surface area (Å²) >= 11 is 1.18. The topological polar surface area (TPSA) is 208 Å². The van der Waals surface area contributed by atoms with Crippen LogP contribution in [-0.4, -0.2) is 150 Å². The van der Waals surface area contributed by atoms with Crippen molar-refractivity contribution in [3.63, 3.8) is 0 Å². The van der Waals surface area contributed by atoms with Crippen molar-refractivity contribution >= 4 is 53.2 Å². The van der Waals surface area contributed by atoms with Crippen molar-refractivity contribution < 1.29 is 62.7 Å². The van der Waals surface area contributed by atoms with E-state index < -0.39 is 47.8 Å². The highest BCUT2D eigenvalue weighted by Crippen LogP contribution is 2.35. The number of imide groups is 1. The molecule has 51 heavy (non-hydrogen) atoms. The quantitative estimate of drug-likeness (QED) is 0.110. The molecule has 17 heteroatoms. The first-order valence-electron chi connectivity index (χ1n) is 16.7. The number of nitrogens with one attached hydrogen (secondary N) is 1. The summed E-state index contributed by atoms with van der Waals surface area (Å²) in [6.07, 6.45) is -0.649. The molecule has 5 rings (SSSR count). The fourth-order valence-corrected chi connectivity index (χ4v) is 7.30. The minimum Gasteiger partial charge on any atom is -0.492 e. The van der Waals surface area contributed by atoms with Gasteiger partial charge in [-0.3, -0.25) is 33.7 Å². The van der Waals surface area contributed by atoms with Gasteiger partial charge in [0.15, 0.2) is 6.29 Å². The molecule has 2 unspecified atom stereocenters. The van der Waals surface area contributed by atoms with Crippen LogP contribution in [0.4, 0.5) is 0 Å². The first kappa shape index (κ1) is 38.4. The van der Waals surface area contributed by atoms with Gasteiger partial charge in [-0.1, -0.05) is 18.2 Å². The Morgan fingerprint density at radius 2 is 1.88 bits per heavy atom. The molecule has 4 aliphatic rings. The molecule has 278 valence electrons. The van der Waals surface area contributed by atoms with Crippen LogP contribution >= 0.6 is 11.8 Å². The SMILES string of the molecule is CC(=O)CSC1CC(=O)N(CCOc2ccc3c(c2)C=CC3CC(=O)OCCOCC(=O)NC[C@H]2O[C@@H]3OCCN(C(C)=O)[C@@H]3[C@@H](O)[C@H]2O)C1=O. The molecule has 3 aliphatic heterocycles. The lowest BCUT2D eigenvalue weighted by molar-refractivity contribution is -0.296. The van der Waals surface area contributed by atoms with Gasteiger partial charge in [-0.05, 0) is 30.2 Å². The number of likely N-dealkylation sites (tertiary alicyclic amines) is 1. The number of carbonyl (C=O) groups is 6. The Bertz CT molecular complexity index is 1520. The highest BCUT2D eigenvalue weighted by molar-refractivity contribution is 8.01. The van der Waals surface area contributed by atoms with E-state index in [2.05, 4.69) is 5.32 Å². The number of morpholine rings is 1. The van der Waals surface area contributed by atoms with E-state index in [-0.39, 0.29) is 101 Å². The molecule has 4 amide bonds. The zero-order valence-corrected chi connectivity index (χ0v) is 29.2. The average Bonchev–Trinajstić information content (AvgIpc) is 3.62. The van der Waals surface area contributed by atoms with E-state index in [9.17, 15) is 39.0 Å². The summed E-state index contributed by atoms with van der Waals surface area (Å²) in [7, 11) is 0. The first-order valence-corrected chi connectivity index (χ1v) is 17.8. The van der Waals surface area contributed by atoms with Crippen molar-refractivity contribution in [2.24, 2.45) is 0 Å². The van der Waals surface area contributed by atoms with Crippen LogP contribution in [0.2, 0.25) is 0 Å². The third kappa shape index (κ3) is 9.72. The number of rotatable bonds is 16. The molecule has 3 saturated heterocycles. The number of amides is 4. The smallest absolute Gasteiger partial charge is 0.306 e. The van der Waals surface area contributed by atoms with Gasteiger partial charge in [-0.2, -0.15) is 0 Å². The molecule has 1 aromatic rings. The maximum atomic E-state index is 12.5. The second-order valence-electron chi connectivity index (χ2n) is 12.6. The molecule has 3 fully saturated rings. The van der Waals surface area contributed by atoms with Crippen LogP contribution in [-0.2, 0) is 47.7 Å². The fourth-order valence-electron chi connectivity index (χ4n) is 6.34. The number of allylic oxidation sites excluding steroid dienone is 1. The van der Waals surface area contributed by atoms with Crippen molar-refractivity contribution in [1.29, 1.82) is 0 Å². The van der Waals surface area contributed by atoms with Gasteiger partial charge in [-0.15, -0.1) is 11.8 Å². The molecule has 1 aromatic carbocycles. The molecule has 1 aliphatic carbocycles. The van der Waals surface area contributed by atoms with Crippen LogP contribution < -0.4 is 10.1 Å². The standard InChI is InChI=1S/C34H43N3O13S/c1-19(38)18-51-26-15-28(41)37(33(26)45)8-9-47-23-5-6-24-21(13-23)3-4-22(24)14-29(42)48-12-11-46-17-27(40)35-16-25-31(43)32(44)30-34(50-25)49-10-7-36(30)20(2)39/h3-6,13,22,25-26,30-32,34,43-44H,7-12,14-18H2,1-2H3,(H,35,40)/t22?,25-,26?,30-,31+,32-,34+/m1/s1. The number of ketones is 1. The maximum absolute atomic E-state index is 12.5. The van der Waals surface area contributed by atoms with Crippen LogP contribution in [0.15, 0.2) is 24.3 Å². The monoisotopic (exact) mass is 733 g/mol. The van der Waals surface area contributed by atoms with Gasteiger partial charge in [0, 0.05) is 32.4 Å². The average molecular weight is 734 g/mol. The van der Waals surface area contributed by atoms with Crippen LogP contribution in [0.3, 0.4) is 0 Å². The molecule has 0 aromatic heterocycles. The normalized spacial score (nSPS) is 26.9. The summed E-state index contributed by atoms with van der Waals surface area (Å²) in [6.45, 7) is 2.95. The molecule has 3 heterocycles. The van der Waals surface area contributed by atoms with Crippen LogP contribution in [0.25, 0.3) is 6.08 Å². The summed E-state index contributed by atoms with van der Waals surface area (Å²) in [5.74, 6) is -1.32. The van der Waals surface area contributed by atoms with Gasteiger partial charge in [0.25, 0.3) is 0 Å². The number of aliphatic hydroxyl groups excluding tert-OH is 2. The summed E-state index contributed by atoms with van der Waals surface area (Å²) in [4.78, 5) is 75.3. The predicted octanol–water partition coefficient (Wildman–Crippen LogP) is -0.614. The fraction of sp³-hybridized carbons (Fsp3) is 0.588. The van der Waals surface area contributed by atoms with Gasteiger partial charge in [0.05, 0.1) is 37.2 Å². The Balaban J connectivity index is 0.953. The van der Waals surface area contributed by atoms with Gasteiger partial charge in [0.2, 0.25) is 23.6 Å². The summed E-state index contributed by atoms with van der Waals surface area (Å²) in [5, 5.41) is 23.2. The Morgan fingerprint density at radius 1 is 1.08 bits per heavy atom. The molecule has 0 spiro atoms. The molecule has 0 bridgehead atoms. The second-order valence-corrected chi connectivity index (χ2v) is 13.8. The van der Waals surface area contributed by atoms with Crippen molar-refractivity contribution in [2.45, 2.75) is 68.5 Å². The van der Waals surface area contributed by atoms with Crippen LogP contribution in [0.1, 0.15) is 43.7 Å². The van der Waals surface area contributed by atoms with Gasteiger partial charge in [0.1, 0.15) is 55.7 Å². The van der Waals surface area contributed by atoms with Gasteiger partial charge in [-0.25, -0.2) is 0 Å². The van der Waals surface area contributed by atoms with E-state index in [0.717, 1.165) is 11.1 Å². The maximum Gasteiger partial charge on any atom is 0.306 e. The van der Waals surface area contributed by atoms with E-state index in [1.807, 2.05) is 24.3 Å². The molecular weight excluding hydrogens is 690 g/mol. The van der Waals surface area contributed by atoms with Crippen molar-refractivity contribution in [3.05, 3.63) is 35.4 Å². The van der Waals surface area contributed by atoms with Crippen molar-refractivity contribution in [1.82, 2.24) is 15.1 Å². The molecule has 3 N–H and O–H groups in total. The minimum atomic E-state index is -1.36. The summed E-state index contributed by atoms with van der Waals surface area (Å²) in [5.41, 5.74) is 1.79. The van der Waals surface area contributed by atoms with Crippen LogP contribution in [0, 0.1) is 0 Å². The highest BCUT2D eigenvalue weighted by Gasteiger charge is 2.50. The number of thioether (sulfide) groups is 1. The Hall–Kier alpha value is -3.87. The molecular formula is C34H43N3O13S. The molecule has 7 atom stereocenters. The van der Waals surface area contributed by atoms with E-state index in [1.54, 1.807) is 6.07 Å². The second kappa shape index (κ2) is 17.6. The van der Waals surface area contributed by atoms with Crippen molar-refractivity contribution in [3.8, 4) is 5.75 Å². The summed E-state index contributed by atoms with van der Waals surface area (Å²) in [6, 6.07) is 4.58. The number of carbonyl (C=O) groups excluding carboxylic acids is 6. The molecule has 0 saturated carbocycles. The van der Waals surface area contributed by atoms with E-state index in [1.165, 1.54) is 35.4 Å². The zero-order valence-electron chi connectivity index (χ0n) is 28.4. The Morgan fingerprint density at radius 3 is 2.65 bits per heavy atom. The van der Waals surface area contributed by atoms with Crippen molar-refractivity contribution in [2.75, 3.05) is 58.4 Å².